The highest BCUT2D eigenvalue weighted by atomic mass is 32.1. The molecule has 43 heavy (non-hydrogen) atoms. The van der Waals surface area contributed by atoms with Crippen LogP contribution in [0.3, 0.4) is 0 Å². The van der Waals surface area contributed by atoms with Gasteiger partial charge in [-0.05, 0) is 84.4 Å². The van der Waals surface area contributed by atoms with Gasteiger partial charge in [0.25, 0.3) is 0 Å². The number of aryl methyl sites for hydroxylation is 1. The average molecular weight is 596 g/mol. The van der Waals surface area contributed by atoms with Crippen molar-refractivity contribution >= 4 is 40.2 Å². The van der Waals surface area contributed by atoms with Gasteiger partial charge in [0.15, 0.2) is 5.71 Å². The van der Waals surface area contributed by atoms with E-state index in [1.54, 1.807) is 6.07 Å². The van der Waals surface area contributed by atoms with E-state index in [1.165, 1.54) is 35.0 Å². The Bertz CT molecular complexity index is 1600. The van der Waals surface area contributed by atoms with Gasteiger partial charge in [0, 0.05) is 23.5 Å². The molecule has 3 aromatic rings. The molecule has 0 aliphatic heterocycles. The minimum Gasteiger partial charge on any atom is -0.318 e. The Morgan fingerprint density at radius 1 is 1.00 bits per heavy atom. The number of oxime groups is 1. The molecule has 1 unspecified atom stereocenters. The van der Waals surface area contributed by atoms with E-state index < -0.39 is 5.97 Å². The van der Waals surface area contributed by atoms with Gasteiger partial charge in [-0.2, -0.15) is 0 Å². The molecule has 1 atom stereocenters. The molecule has 0 bridgehead atoms. The van der Waals surface area contributed by atoms with Gasteiger partial charge in [-0.3, -0.25) is 9.59 Å². The van der Waals surface area contributed by atoms with Crippen LogP contribution in [0.25, 0.3) is 5.57 Å². The molecule has 5 nitrogen and oxygen atoms in total. The summed E-state index contributed by atoms with van der Waals surface area (Å²) in [6.07, 6.45) is 4.41. The highest BCUT2D eigenvalue weighted by Crippen LogP contribution is 2.54. The van der Waals surface area contributed by atoms with Crippen LogP contribution in [-0.4, -0.2) is 23.2 Å². The van der Waals surface area contributed by atoms with Crippen LogP contribution in [0.15, 0.2) is 82.9 Å². The number of fused-ring (bicyclic) bond motifs is 1. The summed E-state index contributed by atoms with van der Waals surface area (Å²) >= 11 is 1.46. The zero-order valence-electron chi connectivity index (χ0n) is 26.1. The van der Waals surface area contributed by atoms with E-state index in [2.05, 4.69) is 51.6 Å². The first-order valence-electron chi connectivity index (χ1n) is 15.0. The lowest BCUT2D eigenvalue weighted by molar-refractivity contribution is -0.140. The number of benzene rings is 2. The van der Waals surface area contributed by atoms with Gasteiger partial charge < -0.3 is 4.84 Å². The second-order valence-electron chi connectivity index (χ2n) is 11.6. The van der Waals surface area contributed by atoms with Crippen molar-refractivity contribution in [1.29, 1.82) is 0 Å². The van der Waals surface area contributed by atoms with Crippen LogP contribution >= 0.6 is 11.3 Å². The maximum absolute atomic E-state index is 13.8. The molecular weight excluding hydrogens is 554 g/mol. The third-order valence-corrected chi connectivity index (χ3v) is 9.42. The predicted molar refractivity (Wildman–Crippen MR) is 176 cm³/mol. The van der Waals surface area contributed by atoms with Crippen molar-refractivity contribution in [2.24, 2.45) is 11.1 Å². The van der Waals surface area contributed by atoms with Crippen molar-refractivity contribution in [3.05, 3.63) is 110 Å². The highest BCUT2D eigenvalue weighted by Gasteiger charge is 2.43. The number of allylic oxidation sites excluding steroid dienone is 3. The molecule has 1 aromatic heterocycles. The summed E-state index contributed by atoms with van der Waals surface area (Å²) in [4.78, 5) is 44.4. The molecular formula is C37H41NO4S. The molecule has 0 saturated carbocycles. The van der Waals surface area contributed by atoms with Crippen LogP contribution in [0.4, 0.5) is 0 Å². The van der Waals surface area contributed by atoms with Crippen molar-refractivity contribution in [3.63, 3.8) is 0 Å². The van der Waals surface area contributed by atoms with Crippen LogP contribution < -0.4 is 0 Å². The van der Waals surface area contributed by atoms with Gasteiger partial charge in [-0.15, -0.1) is 11.3 Å². The third kappa shape index (κ3) is 6.40. The number of thiophene rings is 1. The number of Topliss-reactive ketones (excluding diaryl/α,β-unsaturated/α-hetero) is 1. The summed E-state index contributed by atoms with van der Waals surface area (Å²) < 4.78 is 0. The molecule has 0 fully saturated rings. The number of carbonyl (C=O) groups excluding carboxylic acids is 3. The van der Waals surface area contributed by atoms with Crippen molar-refractivity contribution in [1.82, 2.24) is 0 Å². The lowest BCUT2D eigenvalue weighted by Crippen LogP contribution is -2.26. The van der Waals surface area contributed by atoms with Crippen molar-refractivity contribution in [2.45, 2.75) is 79.1 Å². The molecule has 0 saturated heterocycles. The van der Waals surface area contributed by atoms with Gasteiger partial charge in [0.2, 0.25) is 11.6 Å². The quantitative estimate of drug-likeness (QED) is 0.0650. The number of carbonyl (C=O) groups is 3. The van der Waals surface area contributed by atoms with Crippen LogP contribution in [0.2, 0.25) is 0 Å². The predicted octanol–water partition coefficient (Wildman–Crippen LogP) is 9.03. The van der Waals surface area contributed by atoms with Crippen LogP contribution in [0.5, 0.6) is 0 Å². The molecule has 2 aromatic carbocycles. The first-order valence-corrected chi connectivity index (χ1v) is 15.9. The zero-order chi connectivity index (χ0) is 31.3. The van der Waals surface area contributed by atoms with Crippen molar-refractivity contribution in [3.8, 4) is 0 Å². The first-order chi connectivity index (χ1) is 20.5. The topological polar surface area (TPSA) is 72.8 Å². The molecule has 0 amide bonds. The van der Waals surface area contributed by atoms with E-state index in [9.17, 15) is 14.4 Å². The van der Waals surface area contributed by atoms with Crippen molar-refractivity contribution < 1.29 is 19.2 Å². The number of nitrogens with zero attached hydrogens (tertiary/aromatic N) is 1. The maximum Gasteiger partial charge on any atom is 0.332 e. The zero-order valence-corrected chi connectivity index (χ0v) is 26.9. The van der Waals surface area contributed by atoms with E-state index in [0.29, 0.717) is 23.1 Å². The Hall–Kier alpha value is -3.90. The number of hydrogen-bond donors (Lipinski definition) is 0. The highest BCUT2D eigenvalue weighted by molar-refractivity contribution is 7.12. The Balaban J connectivity index is 1.72. The molecule has 1 aliphatic rings. The molecule has 0 spiro atoms. The maximum atomic E-state index is 13.8. The second kappa shape index (κ2) is 13.6. The Labute approximate surface area is 259 Å². The summed E-state index contributed by atoms with van der Waals surface area (Å²) in [5.74, 6) is -0.907. The minimum absolute atomic E-state index is 0.0171. The third-order valence-electron chi connectivity index (χ3n) is 8.56. The Kier molecular flexibility index (Phi) is 10.1. The van der Waals surface area contributed by atoms with Gasteiger partial charge in [0.1, 0.15) is 0 Å². The number of hydrogen-bond acceptors (Lipinski definition) is 6. The lowest BCUT2D eigenvalue weighted by Gasteiger charge is -2.33. The van der Waals surface area contributed by atoms with E-state index in [4.69, 9.17) is 4.84 Å². The smallest absolute Gasteiger partial charge is 0.318 e. The van der Waals surface area contributed by atoms with Crippen LogP contribution in [0.1, 0.15) is 104 Å². The molecule has 0 radical (unpaired) electrons. The standard InChI is InChI=1S/C37H41NO4S/c1-8-18-37(19-9-2)26(6)33(30-17-16-28(22-31(30)37)36(41)32-15-12-20-43-32)24(4)21-25(5)35(40)34(38-42-27(7)39)29-14-11-10-13-23(29)3/h10-17,20,22,24H,5,8-9,18-19,21H2,1-4,6-7H3/b38-34+. The molecule has 1 aliphatic carbocycles. The lowest BCUT2D eigenvalue weighted by atomic mass is 9.70. The fourth-order valence-corrected chi connectivity index (χ4v) is 7.37. The Morgan fingerprint density at radius 3 is 2.30 bits per heavy atom. The summed E-state index contributed by atoms with van der Waals surface area (Å²) in [7, 11) is 0. The fraction of sp³-hybridized carbons (Fsp3) is 0.351. The van der Waals surface area contributed by atoms with Gasteiger partial charge in [-0.1, -0.05) is 93.4 Å². The molecule has 0 N–H and O–H groups in total. The van der Waals surface area contributed by atoms with Crippen LogP contribution in [-0.2, 0) is 19.8 Å². The molecule has 1 heterocycles. The first kappa shape index (κ1) is 32.0. The van der Waals surface area contributed by atoms with E-state index in [-0.39, 0.29) is 28.6 Å². The summed E-state index contributed by atoms with van der Waals surface area (Å²) in [5.41, 5.74) is 7.38. The van der Waals surface area contributed by atoms with Gasteiger partial charge in [-0.25, -0.2) is 4.79 Å². The number of rotatable bonds is 13. The molecule has 6 heteroatoms. The Morgan fingerprint density at radius 2 is 1.70 bits per heavy atom. The van der Waals surface area contributed by atoms with E-state index in [1.807, 2.05) is 48.7 Å². The minimum atomic E-state index is -0.596. The van der Waals surface area contributed by atoms with E-state index >= 15 is 0 Å². The van der Waals surface area contributed by atoms with Crippen LogP contribution in [0, 0.1) is 12.8 Å². The second-order valence-corrected chi connectivity index (χ2v) is 12.5. The largest absolute Gasteiger partial charge is 0.332 e. The fourth-order valence-electron chi connectivity index (χ4n) is 6.68. The van der Waals surface area contributed by atoms with Crippen molar-refractivity contribution in [2.75, 3.05) is 0 Å². The molecule has 224 valence electrons. The number of ketones is 2. The summed E-state index contributed by atoms with van der Waals surface area (Å²) in [6.45, 7) is 16.1. The summed E-state index contributed by atoms with van der Waals surface area (Å²) in [5, 5.41) is 5.89. The normalized spacial score (nSPS) is 14.8. The molecule has 4 rings (SSSR count). The summed E-state index contributed by atoms with van der Waals surface area (Å²) in [6, 6.07) is 17.3. The monoisotopic (exact) mass is 595 g/mol. The van der Waals surface area contributed by atoms with Gasteiger partial charge >= 0.3 is 5.97 Å². The average Bonchev–Trinajstić information content (AvgIpc) is 3.59. The SMILES string of the molecule is C=C(CC(C)C1=C(C)C(CCC)(CCC)c2cc(C(=O)c3cccs3)ccc21)C(=O)/C(=N/OC(C)=O)c1ccccc1C. The van der Waals surface area contributed by atoms with Gasteiger partial charge in [0.05, 0.1) is 4.88 Å². The van der Waals surface area contributed by atoms with E-state index in [0.717, 1.165) is 41.7 Å².